The number of hydrogen-bond donors (Lipinski definition) is 0. The van der Waals surface area contributed by atoms with Gasteiger partial charge in [-0.25, -0.2) is 4.39 Å². The van der Waals surface area contributed by atoms with Gasteiger partial charge in [-0.3, -0.25) is 4.90 Å². The van der Waals surface area contributed by atoms with Crippen molar-refractivity contribution >= 4 is 11.6 Å². The number of fused-ring (bicyclic) bond motifs is 3. The molecular formula is C16H22ClFN2. The van der Waals surface area contributed by atoms with Crippen LogP contribution in [0.5, 0.6) is 0 Å². The van der Waals surface area contributed by atoms with Crippen molar-refractivity contribution in [2.75, 3.05) is 26.7 Å². The van der Waals surface area contributed by atoms with E-state index in [1.807, 2.05) is 0 Å². The van der Waals surface area contributed by atoms with Crippen molar-refractivity contribution in [3.63, 3.8) is 0 Å². The topological polar surface area (TPSA) is 6.48 Å². The normalized spacial score (nSPS) is 28.4. The summed E-state index contributed by atoms with van der Waals surface area (Å²) in [5, 5.41) is 0.619. The second kappa shape index (κ2) is 6.00. The zero-order valence-corrected chi connectivity index (χ0v) is 12.7. The molecule has 2 aliphatic rings. The summed E-state index contributed by atoms with van der Waals surface area (Å²) in [4.78, 5) is 4.90. The first-order valence-electron chi connectivity index (χ1n) is 7.48. The van der Waals surface area contributed by atoms with Crippen molar-refractivity contribution in [1.29, 1.82) is 0 Å². The van der Waals surface area contributed by atoms with E-state index in [1.165, 1.54) is 31.9 Å². The lowest BCUT2D eigenvalue weighted by atomic mass is 9.99. The van der Waals surface area contributed by atoms with E-state index in [0.29, 0.717) is 17.6 Å². The van der Waals surface area contributed by atoms with E-state index in [2.05, 4.69) is 16.8 Å². The average Bonchev–Trinajstić information content (AvgIpc) is 2.63. The zero-order valence-electron chi connectivity index (χ0n) is 12.0. The summed E-state index contributed by atoms with van der Waals surface area (Å²) in [6.45, 7) is 3.97. The Morgan fingerprint density at radius 2 is 2.10 bits per heavy atom. The van der Waals surface area contributed by atoms with Gasteiger partial charge in [-0.1, -0.05) is 18.0 Å². The lowest BCUT2D eigenvalue weighted by molar-refractivity contribution is 0.186. The van der Waals surface area contributed by atoms with E-state index >= 15 is 0 Å². The van der Waals surface area contributed by atoms with Gasteiger partial charge in [0.15, 0.2) is 0 Å². The SMILES string of the molecule is CN1C[C@@H]2CCC[C@H]1CN(Cc1cc(Cl)ccc1F)C2. The summed E-state index contributed by atoms with van der Waals surface area (Å²) < 4.78 is 13.9. The smallest absolute Gasteiger partial charge is 0.127 e. The number of likely N-dealkylation sites (tertiary alicyclic amines) is 1. The maximum absolute atomic E-state index is 13.9. The minimum Gasteiger partial charge on any atom is -0.302 e. The molecule has 3 rings (SSSR count). The number of benzene rings is 1. The summed E-state index contributed by atoms with van der Waals surface area (Å²) >= 11 is 5.99. The highest BCUT2D eigenvalue weighted by molar-refractivity contribution is 6.30. The van der Waals surface area contributed by atoms with E-state index in [9.17, 15) is 4.39 Å². The second-order valence-electron chi connectivity index (χ2n) is 6.32. The lowest BCUT2D eigenvalue weighted by Gasteiger charge is -2.29. The first-order chi connectivity index (χ1) is 9.61. The summed E-state index contributed by atoms with van der Waals surface area (Å²) in [6.07, 6.45) is 3.90. The molecule has 110 valence electrons. The van der Waals surface area contributed by atoms with Crippen LogP contribution < -0.4 is 0 Å². The predicted octanol–water partition coefficient (Wildman–Crippen LogP) is 3.40. The molecule has 20 heavy (non-hydrogen) atoms. The van der Waals surface area contributed by atoms with Crippen LogP contribution >= 0.6 is 11.6 Å². The van der Waals surface area contributed by atoms with Gasteiger partial charge in [-0.15, -0.1) is 0 Å². The van der Waals surface area contributed by atoms with E-state index in [-0.39, 0.29) is 5.82 Å². The van der Waals surface area contributed by atoms with Gasteiger partial charge >= 0.3 is 0 Å². The molecule has 1 aromatic rings. The molecule has 0 radical (unpaired) electrons. The number of rotatable bonds is 2. The largest absolute Gasteiger partial charge is 0.302 e. The highest BCUT2D eigenvalue weighted by atomic mass is 35.5. The third-order valence-corrected chi connectivity index (χ3v) is 4.94. The molecule has 2 heterocycles. The molecule has 1 aromatic carbocycles. The van der Waals surface area contributed by atoms with E-state index in [0.717, 1.165) is 24.6 Å². The fraction of sp³-hybridized carbons (Fsp3) is 0.625. The van der Waals surface area contributed by atoms with Gasteiger partial charge in [0.1, 0.15) is 5.82 Å². The lowest BCUT2D eigenvalue weighted by Crippen LogP contribution is -2.38. The fourth-order valence-corrected chi connectivity index (χ4v) is 3.86. The van der Waals surface area contributed by atoms with Crippen LogP contribution in [-0.4, -0.2) is 42.5 Å². The van der Waals surface area contributed by atoms with Crippen molar-refractivity contribution in [1.82, 2.24) is 9.80 Å². The van der Waals surface area contributed by atoms with E-state index in [1.54, 1.807) is 12.1 Å². The van der Waals surface area contributed by atoms with Gasteiger partial charge in [0, 0.05) is 42.8 Å². The summed E-state index contributed by atoms with van der Waals surface area (Å²) in [7, 11) is 2.23. The molecule has 2 fully saturated rings. The van der Waals surface area contributed by atoms with Crippen LogP contribution in [0.15, 0.2) is 18.2 Å². The zero-order chi connectivity index (χ0) is 14.1. The Kier molecular flexibility index (Phi) is 4.29. The van der Waals surface area contributed by atoms with Gasteiger partial charge in [0.2, 0.25) is 0 Å². The van der Waals surface area contributed by atoms with Crippen molar-refractivity contribution in [2.24, 2.45) is 5.92 Å². The molecule has 2 atom stereocenters. The van der Waals surface area contributed by atoms with Crippen LogP contribution in [0.1, 0.15) is 24.8 Å². The Balaban J connectivity index is 1.76. The van der Waals surface area contributed by atoms with Crippen LogP contribution in [0, 0.1) is 11.7 Å². The Hall–Kier alpha value is -0.640. The van der Waals surface area contributed by atoms with Crippen molar-refractivity contribution in [2.45, 2.75) is 31.8 Å². The molecule has 0 spiro atoms. The van der Waals surface area contributed by atoms with Gasteiger partial charge in [0.25, 0.3) is 0 Å². The van der Waals surface area contributed by atoms with Crippen molar-refractivity contribution < 1.29 is 4.39 Å². The van der Waals surface area contributed by atoms with Crippen LogP contribution in [0.3, 0.4) is 0 Å². The van der Waals surface area contributed by atoms with E-state index < -0.39 is 0 Å². The first-order valence-corrected chi connectivity index (χ1v) is 7.86. The number of halogens is 2. The van der Waals surface area contributed by atoms with Crippen LogP contribution in [-0.2, 0) is 6.54 Å². The molecule has 2 bridgehead atoms. The Bertz CT molecular complexity index is 480. The monoisotopic (exact) mass is 296 g/mol. The molecule has 0 unspecified atom stereocenters. The highest BCUT2D eigenvalue weighted by Crippen LogP contribution is 2.27. The number of likely N-dealkylation sites (N-methyl/N-ethyl adjacent to an activating group) is 1. The van der Waals surface area contributed by atoms with E-state index in [4.69, 9.17) is 11.6 Å². The van der Waals surface area contributed by atoms with Gasteiger partial charge < -0.3 is 4.90 Å². The molecule has 2 nitrogen and oxygen atoms in total. The third-order valence-electron chi connectivity index (χ3n) is 4.71. The summed E-state index contributed by atoms with van der Waals surface area (Å²) in [6, 6.07) is 5.47. The minimum absolute atomic E-state index is 0.142. The third kappa shape index (κ3) is 3.16. The Morgan fingerprint density at radius 1 is 1.25 bits per heavy atom. The van der Waals surface area contributed by atoms with Gasteiger partial charge in [0.05, 0.1) is 0 Å². The molecule has 0 aliphatic carbocycles. The first kappa shape index (κ1) is 14.3. The Morgan fingerprint density at radius 3 is 2.95 bits per heavy atom. The van der Waals surface area contributed by atoms with Crippen molar-refractivity contribution in [3.8, 4) is 0 Å². The predicted molar refractivity (Wildman–Crippen MR) is 80.4 cm³/mol. The number of hydrogen-bond acceptors (Lipinski definition) is 2. The maximum atomic E-state index is 13.9. The molecule has 2 saturated heterocycles. The second-order valence-corrected chi connectivity index (χ2v) is 6.76. The molecule has 4 heteroatoms. The fourth-order valence-electron chi connectivity index (χ4n) is 3.66. The van der Waals surface area contributed by atoms with Crippen LogP contribution in [0.4, 0.5) is 4.39 Å². The molecule has 0 saturated carbocycles. The van der Waals surface area contributed by atoms with Crippen molar-refractivity contribution in [3.05, 3.63) is 34.6 Å². The molecule has 0 amide bonds. The summed E-state index contributed by atoms with van der Waals surface area (Å²) in [5.74, 6) is 0.576. The van der Waals surface area contributed by atoms with Crippen LogP contribution in [0.25, 0.3) is 0 Å². The standard InChI is InChI=1S/C16H22ClFN2/c1-19-8-12-3-2-4-15(19)11-20(9-12)10-13-7-14(17)5-6-16(13)18/h5-7,12,15H,2-4,8-11H2,1H3/t12-,15-/m0/s1. The molecule has 0 N–H and O–H groups in total. The van der Waals surface area contributed by atoms with Crippen LogP contribution in [0.2, 0.25) is 5.02 Å². The minimum atomic E-state index is -0.142. The van der Waals surface area contributed by atoms with Gasteiger partial charge in [-0.05, 0) is 44.0 Å². The maximum Gasteiger partial charge on any atom is 0.127 e. The number of nitrogens with zero attached hydrogens (tertiary/aromatic N) is 2. The Labute approximate surface area is 125 Å². The molecule has 0 aromatic heterocycles. The average molecular weight is 297 g/mol. The highest BCUT2D eigenvalue weighted by Gasteiger charge is 2.30. The van der Waals surface area contributed by atoms with Gasteiger partial charge in [-0.2, -0.15) is 0 Å². The molecule has 2 aliphatic heterocycles. The molecular weight excluding hydrogens is 275 g/mol. The quantitative estimate of drug-likeness (QED) is 0.825. The summed E-state index contributed by atoms with van der Waals surface area (Å²) in [5.41, 5.74) is 0.722.